The lowest BCUT2D eigenvalue weighted by Crippen LogP contribution is -2.02. The summed E-state index contributed by atoms with van der Waals surface area (Å²) in [7, 11) is 0. The quantitative estimate of drug-likeness (QED) is 0.534. The Hall–Kier alpha value is -1.18. The fourth-order valence-electron chi connectivity index (χ4n) is 1.14. The van der Waals surface area contributed by atoms with Crippen LogP contribution < -0.4 is 0 Å². The molecule has 1 aliphatic heterocycles. The van der Waals surface area contributed by atoms with E-state index in [4.69, 9.17) is 1.37 Å². The van der Waals surface area contributed by atoms with Gasteiger partial charge >= 0.3 is 0 Å². The smallest absolute Gasteiger partial charge is 0.123 e. The zero-order valence-electron chi connectivity index (χ0n) is 6.92. The molecule has 0 radical (unpaired) electrons. The second kappa shape index (κ2) is 2.46. The lowest BCUT2D eigenvalue weighted by atomic mass is 10.0. The molecule has 0 saturated carbocycles. The van der Waals surface area contributed by atoms with E-state index in [0.29, 0.717) is 6.54 Å². The average molecular weight is 150 g/mol. The standard InChI is InChI=1S/C9H8FN/c10-9-2-1-8-6-11-4-3-7(8)5-9/h1-2,5-6H,3-4H2/i3D. The average Bonchev–Trinajstić information content (AvgIpc) is 2.07. The predicted octanol–water partition coefficient (Wildman–Crippen LogP) is 1.80. The lowest BCUT2D eigenvalue weighted by molar-refractivity contribution is 0.625. The second-order valence-corrected chi connectivity index (χ2v) is 2.47. The molecule has 2 heteroatoms. The van der Waals surface area contributed by atoms with Crippen LogP contribution in [0.2, 0.25) is 0 Å². The summed E-state index contributed by atoms with van der Waals surface area (Å²) < 4.78 is 20.3. The number of rotatable bonds is 0. The number of hydrogen-bond acceptors (Lipinski definition) is 1. The molecular formula is C9H8FN. The van der Waals surface area contributed by atoms with Gasteiger partial charge in [-0.25, -0.2) is 4.39 Å². The third-order valence-electron chi connectivity index (χ3n) is 1.70. The fraction of sp³-hybridized carbons (Fsp3) is 0.222. The molecule has 56 valence electrons. The van der Waals surface area contributed by atoms with Gasteiger partial charge in [-0.15, -0.1) is 0 Å². The Morgan fingerprint density at radius 3 is 3.36 bits per heavy atom. The first-order valence-electron chi connectivity index (χ1n) is 4.06. The van der Waals surface area contributed by atoms with Gasteiger partial charge in [0.15, 0.2) is 0 Å². The first-order chi connectivity index (χ1) is 5.77. The maximum absolute atomic E-state index is 12.7. The van der Waals surface area contributed by atoms with Crippen LogP contribution >= 0.6 is 0 Å². The molecule has 1 atom stereocenters. The second-order valence-electron chi connectivity index (χ2n) is 2.47. The Morgan fingerprint density at radius 1 is 1.55 bits per heavy atom. The summed E-state index contributed by atoms with van der Waals surface area (Å²) >= 11 is 0. The molecule has 1 aromatic carbocycles. The van der Waals surface area contributed by atoms with E-state index in [1.807, 2.05) is 0 Å². The minimum atomic E-state index is -0.402. The van der Waals surface area contributed by atoms with Gasteiger partial charge in [-0.05, 0) is 29.7 Å². The summed E-state index contributed by atoms with van der Waals surface area (Å²) in [5, 5.41) is 0. The van der Waals surface area contributed by atoms with Gasteiger partial charge in [0, 0.05) is 14.1 Å². The Balaban J connectivity index is 2.56. The molecule has 1 aromatic rings. The maximum Gasteiger partial charge on any atom is 0.123 e. The Morgan fingerprint density at radius 2 is 2.45 bits per heavy atom. The molecule has 1 aliphatic rings. The third kappa shape index (κ3) is 1.16. The monoisotopic (exact) mass is 150 g/mol. The van der Waals surface area contributed by atoms with Crippen molar-refractivity contribution in [3.05, 3.63) is 35.1 Å². The summed E-state index contributed by atoms with van der Waals surface area (Å²) in [6.07, 6.45) is 1.29. The number of halogens is 1. The molecule has 11 heavy (non-hydrogen) atoms. The minimum Gasteiger partial charge on any atom is -0.292 e. The van der Waals surface area contributed by atoms with Crippen LogP contribution in [-0.2, 0) is 6.40 Å². The van der Waals surface area contributed by atoms with Gasteiger partial charge < -0.3 is 0 Å². The van der Waals surface area contributed by atoms with Crippen molar-refractivity contribution in [2.75, 3.05) is 6.54 Å². The summed E-state index contributed by atoms with van der Waals surface area (Å²) in [5.41, 5.74) is 1.60. The SMILES string of the molecule is [2H]C1CN=Cc2ccc(F)cc21. The summed E-state index contributed by atoms with van der Waals surface area (Å²) in [4.78, 5) is 3.99. The van der Waals surface area contributed by atoms with Crippen LogP contribution in [0.15, 0.2) is 23.2 Å². The largest absolute Gasteiger partial charge is 0.292 e. The number of nitrogens with zero attached hydrogens (tertiary/aromatic N) is 1. The number of benzene rings is 1. The highest BCUT2D eigenvalue weighted by Gasteiger charge is 2.04. The van der Waals surface area contributed by atoms with Crippen molar-refractivity contribution in [2.45, 2.75) is 6.40 Å². The predicted molar refractivity (Wildman–Crippen MR) is 42.6 cm³/mol. The first-order valence-corrected chi connectivity index (χ1v) is 3.49. The normalized spacial score (nSPS) is 22.6. The molecule has 0 aliphatic carbocycles. The summed E-state index contributed by atoms with van der Waals surface area (Å²) in [5.74, 6) is -0.277. The van der Waals surface area contributed by atoms with Gasteiger partial charge in [0.25, 0.3) is 0 Å². The third-order valence-corrected chi connectivity index (χ3v) is 1.70. The van der Waals surface area contributed by atoms with Crippen LogP contribution in [0.1, 0.15) is 12.5 Å². The number of aliphatic imine (C=N–C) groups is 1. The Labute approximate surface area is 66.0 Å². The van der Waals surface area contributed by atoms with Gasteiger partial charge in [-0.3, -0.25) is 4.99 Å². The van der Waals surface area contributed by atoms with Gasteiger partial charge in [-0.2, -0.15) is 0 Å². The van der Waals surface area contributed by atoms with E-state index >= 15 is 0 Å². The van der Waals surface area contributed by atoms with Crippen molar-refractivity contribution in [1.29, 1.82) is 0 Å². The van der Waals surface area contributed by atoms with Gasteiger partial charge in [0.2, 0.25) is 0 Å². The zero-order chi connectivity index (χ0) is 8.55. The number of fused-ring (bicyclic) bond motifs is 1. The fourth-order valence-corrected chi connectivity index (χ4v) is 1.14. The van der Waals surface area contributed by atoms with E-state index in [-0.39, 0.29) is 5.82 Å². The summed E-state index contributed by atoms with van der Waals surface area (Å²) in [6, 6.07) is 4.47. The van der Waals surface area contributed by atoms with E-state index in [9.17, 15) is 4.39 Å². The summed E-state index contributed by atoms with van der Waals surface area (Å²) in [6.45, 7) is 0.441. The van der Waals surface area contributed by atoms with Gasteiger partial charge in [0.05, 0.1) is 0 Å². The van der Waals surface area contributed by atoms with Crippen LogP contribution in [0, 0.1) is 5.82 Å². The van der Waals surface area contributed by atoms with Crippen LogP contribution in [0.25, 0.3) is 0 Å². The zero-order valence-corrected chi connectivity index (χ0v) is 5.92. The Bertz CT molecular complexity index is 335. The lowest BCUT2D eigenvalue weighted by Gasteiger charge is -2.08. The van der Waals surface area contributed by atoms with Crippen LogP contribution in [-0.4, -0.2) is 12.8 Å². The molecule has 0 spiro atoms. The molecule has 0 fully saturated rings. The van der Waals surface area contributed by atoms with E-state index < -0.39 is 6.40 Å². The minimum absolute atomic E-state index is 0.277. The number of hydrogen-bond donors (Lipinski definition) is 0. The van der Waals surface area contributed by atoms with Gasteiger partial charge in [-0.1, -0.05) is 6.07 Å². The van der Waals surface area contributed by atoms with Crippen LogP contribution in [0.4, 0.5) is 4.39 Å². The van der Waals surface area contributed by atoms with Gasteiger partial charge in [0.1, 0.15) is 5.82 Å². The molecular weight excluding hydrogens is 141 g/mol. The topological polar surface area (TPSA) is 12.4 Å². The maximum atomic E-state index is 12.7. The molecule has 0 bridgehead atoms. The molecule has 2 rings (SSSR count). The molecule has 1 nitrogen and oxygen atoms in total. The van der Waals surface area contributed by atoms with Crippen molar-refractivity contribution in [1.82, 2.24) is 0 Å². The van der Waals surface area contributed by atoms with E-state index in [2.05, 4.69) is 4.99 Å². The van der Waals surface area contributed by atoms with Crippen molar-refractivity contribution < 1.29 is 5.76 Å². The highest BCUT2D eigenvalue weighted by atomic mass is 19.1. The molecule has 0 aromatic heterocycles. The molecule has 1 heterocycles. The van der Waals surface area contributed by atoms with Crippen molar-refractivity contribution in [3.63, 3.8) is 0 Å². The molecule has 1 unspecified atom stereocenters. The molecule has 0 amide bonds. The molecule has 0 N–H and O–H groups in total. The van der Waals surface area contributed by atoms with E-state index in [0.717, 1.165) is 11.1 Å². The first kappa shape index (κ1) is 5.47. The van der Waals surface area contributed by atoms with Crippen LogP contribution in [0.5, 0.6) is 0 Å². The molecule has 0 saturated heterocycles. The van der Waals surface area contributed by atoms with Crippen molar-refractivity contribution in [3.8, 4) is 0 Å². The van der Waals surface area contributed by atoms with Crippen LogP contribution in [0.3, 0.4) is 0 Å². The Kier molecular flexibility index (Phi) is 1.22. The highest BCUT2D eigenvalue weighted by Crippen LogP contribution is 2.13. The van der Waals surface area contributed by atoms with Crippen molar-refractivity contribution in [2.24, 2.45) is 4.99 Å². The van der Waals surface area contributed by atoms with E-state index in [1.165, 1.54) is 12.1 Å². The highest BCUT2D eigenvalue weighted by molar-refractivity contribution is 5.82. The van der Waals surface area contributed by atoms with E-state index in [1.54, 1.807) is 12.3 Å². The van der Waals surface area contributed by atoms with Crippen molar-refractivity contribution >= 4 is 6.21 Å².